The molecule has 15 heavy (non-hydrogen) atoms. The van der Waals surface area contributed by atoms with Gasteiger partial charge in [0.1, 0.15) is 6.42 Å². The second-order valence-corrected chi connectivity index (χ2v) is 2.88. The van der Waals surface area contributed by atoms with Gasteiger partial charge in [0.25, 0.3) is 0 Å². The third-order valence-electron chi connectivity index (χ3n) is 1.41. The summed E-state index contributed by atoms with van der Waals surface area (Å²) >= 11 is 0. The summed E-state index contributed by atoms with van der Waals surface area (Å²) in [5.74, 6) is -2.62. The Labute approximate surface area is 103 Å². The van der Waals surface area contributed by atoms with Crippen LogP contribution in [0.25, 0.3) is 0 Å². The van der Waals surface area contributed by atoms with E-state index in [0.29, 0.717) is 0 Å². The van der Waals surface area contributed by atoms with Crippen molar-refractivity contribution in [3.8, 4) is 0 Å². The van der Waals surface area contributed by atoms with Crippen LogP contribution < -0.4 is 18.9 Å². The van der Waals surface area contributed by atoms with E-state index in [9.17, 15) is 9.59 Å². The van der Waals surface area contributed by atoms with Crippen molar-refractivity contribution in [2.24, 2.45) is 0 Å². The van der Waals surface area contributed by atoms with Crippen molar-refractivity contribution in [3.63, 3.8) is 0 Å². The Morgan fingerprint density at radius 1 is 1.07 bits per heavy atom. The Hall–Kier alpha value is -0.463. The average molecular weight is 210 g/mol. The number of rotatable bonds is 6. The van der Waals surface area contributed by atoms with Crippen molar-refractivity contribution in [1.82, 2.24) is 0 Å². The molecule has 0 aromatic carbocycles. The van der Waals surface area contributed by atoms with Crippen LogP contribution in [0.5, 0.6) is 0 Å². The van der Waals surface area contributed by atoms with Crippen LogP contribution >= 0.6 is 0 Å². The molecule has 84 valence electrons. The largest absolute Gasteiger partial charge is 1.00 e. The molecule has 0 aliphatic carbocycles. The molecule has 0 bridgehead atoms. The van der Waals surface area contributed by atoms with Crippen LogP contribution in [0.2, 0.25) is 0 Å². The summed E-state index contributed by atoms with van der Waals surface area (Å²) in [5.41, 5.74) is 0. The SMILES string of the molecule is O=C(O)CC(=O)O.[CH2-]CCCCCC.[Li+]. The van der Waals surface area contributed by atoms with Crippen molar-refractivity contribution in [2.45, 2.75) is 45.4 Å². The summed E-state index contributed by atoms with van der Waals surface area (Å²) in [6.45, 7) is 5.98. The molecule has 0 fully saturated rings. The molecule has 0 atom stereocenters. The molecule has 0 aliphatic heterocycles. The predicted octanol–water partition coefficient (Wildman–Crippen LogP) is -0.659. The minimum Gasteiger partial charge on any atom is -0.481 e. The summed E-state index contributed by atoms with van der Waals surface area (Å²) in [5, 5.41) is 15.4. The molecule has 0 unspecified atom stereocenters. The van der Waals surface area contributed by atoms with Gasteiger partial charge in [-0.15, -0.1) is 0 Å². The van der Waals surface area contributed by atoms with Gasteiger partial charge in [-0.25, -0.2) is 0 Å². The van der Waals surface area contributed by atoms with E-state index in [1.807, 2.05) is 0 Å². The molecule has 0 aliphatic rings. The van der Waals surface area contributed by atoms with Crippen molar-refractivity contribution in [2.75, 3.05) is 0 Å². The van der Waals surface area contributed by atoms with E-state index < -0.39 is 18.4 Å². The van der Waals surface area contributed by atoms with Gasteiger partial charge < -0.3 is 17.1 Å². The van der Waals surface area contributed by atoms with Gasteiger partial charge in [-0.2, -0.15) is 6.42 Å². The first kappa shape index (κ1) is 20.0. The molecule has 0 spiro atoms. The van der Waals surface area contributed by atoms with E-state index in [-0.39, 0.29) is 18.9 Å². The van der Waals surface area contributed by atoms with E-state index in [1.54, 1.807) is 0 Å². The number of aliphatic carboxylic acids is 2. The Kier molecular flexibility index (Phi) is 21.3. The van der Waals surface area contributed by atoms with Gasteiger partial charge in [0.15, 0.2) is 0 Å². The van der Waals surface area contributed by atoms with E-state index in [0.717, 1.165) is 6.42 Å². The normalized spacial score (nSPS) is 8.13. The van der Waals surface area contributed by atoms with Crippen LogP contribution in [0.1, 0.15) is 45.4 Å². The Morgan fingerprint density at radius 2 is 1.53 bits per heavy atom. The molecular weight excluding hydrogens is 191 g/mol. The summed E-state index contributed by atoms with van der Waals surface area (Å²) in [6.07, 6.45) is 5.71. The van der Waals surface area contributed by atoms with E-state index in [4.69, 9.17) is 10.2 Å². The quantitative estimate of drug-likeness (QED) is 0.264. The third kappa shape index (κ3) is 31.7. The molecule has 0 saturated carbocycles. The molecule has 4 nitrogen and oxygen atoms in total. The molecule has 0 aromatic heterocycles. The zero-order valence-corrected chi connectivity index (χ0v) is 9.66. The van der Waals surface area contributed by atoms with E-state index in [1.165, 1.54) is 25.7 Å². The first-order valence-electron chi connectivity index (χ1n) is 4.77. The van der Waals surface area contributed by atoms with E-state index in [2.05, 4.69) is 13.8 Å². The predicted molar refractivity (Wildman–Crippen MR) is 54.0 cm³/mol. The van der Waals surface area contributed by atoms with Crippen LogP contribution in [0, 0.1) is 6.92 Å². The number of carboxylic acid groups (broad SMARTS) is 2. The number of hydrogen-bond acceptors (Lipinski definition) is 2. The first-order valence-corrected chi connectivity index (χ1v) is 4.77. The van der Waals surface area contributed by atoms with Gasteiger partial charge in [0.2, 0.25) is 0 Å². The molecule has 0 heterocycles. The summed E-state index contributed by atoms with van der Waals surface area (Å²) < 4.78 is 0. The van der Waals surface area contributed by atoms with Crippen molar-refractivity contribution in [1.29, 1.82) is 0 Å². The maximum atomic E-state index is 9.43. The average Bonchev–Trinajstić information content (AvgIpc) is 2.04. The standard InChI is InChI=1S/C7H15.C3H4O4.Li/c1-3-5-7-6-4-2;4-2(5)1-3(6)7;/h1,3-7H2,2H3;1H2,(H,4,5)(H,6,7);/q-1;;+1. The van der Waals surface area contributed by atoms with Gasteiger partial charge in [-0.1, -0.05) is 32.6 Å². The van der Waals surface area contributed by atoms with Crippen molar-refractivity contribution in [3.05, 3.63) is 6.92 Å². The summed E-state index contributed by atoms with van der Waals surface area (Å²) in [7, 11) is 0. The number of hydrogen-bond donors (Lipinski definition) is 2. The van der Waals surface area contributed by atoms with Crippen LogP contribution in [-0.2, 0) is 9.59 Å². The molecule has 5 heteroatoms. The van der Waals surface area contributed by atoms with Crippen LogP contribution in [-0.4, -0.2) is 22.2 Å². The monoisotopic (exact) mass is 210 g/mol. The smallest absolute Gasteiger partial charge is 0.481 e. The van der Waals surface area contributed by atoms with Gasteiger partial charge in [-0.05, 0) is 0 Å². The maximum absolute atomic E-state index is 9.43. The topological polar surface area (TPSA) is 74.6 Å². The van der Waals surface area contributed by atoms with E-state index >= 15 is 0 Å². The van der Waals surface area contributed by atoms with Gasteiger partial charge in [0, 0.05) is 0 Å². The van der Waals surface area contributed by atoms with Crippen LogP contribution in [0.15, 0.2) is 0 Å². The molecule has 0 aromatic rings. The number of unbranched alkanes of at least 4 members (excludes halogenated alkanes) is 4. The fraction of sp³-hybridized carbons (Fsp3) is 0.700. The molecule has 0 amide bonds. The summed E-state index contributed by atoms with van der Waals surface area (Å²) in [4.78, 5) is 18.9. The second kappa shape index (κ2) is 16.0. The van der Waals surface area contributed by atoms with Crippen molar-refractivity contribution >= 4 is 11.9 Å². The number of carboxylic acids is 2. The zero-order valence-electron chi connectivity index (χ0n) is 9.66. The molecule has 0 rings (SSSR count). The minimum absolute atomic E-state index is 0. The van der Waals surface area contributed by atoms with Gasteiger partial charge >= 0.3 is 30.8 Å². The fourth-order valence-corrected chi connectivity index (χ4v) is 0.733. The number of carbonyl (C=O) groups is 2. The molecule has 0 radical (unpaired) electrons. The van der Waals surface area contributed by atoms with Gasteiger partial charge in [-0.3, -0.25) is 9.59 Å². The van der Waals surface area contributed by atoms with Crippen LogP contribution in [0.4, 0.5) is 0 Å². The fourth-order valence-electron chi connectivity index (χ4n) is 0.733. The van der Waals surface area contributed by atoms with Gasteiger partial charge in [0.05, 0.1) is 0 Å². The summed E-state index contributed by atoms with van der Waals surface area (Å²) in [6, 6.07) is 0. The second-order valence-electron chi connectivity index (χ2n) is 2.88. The van der Waals surface area contributed by atoms with Crippen LogP contribution in [0.3, 0.4) is 0 Å². The molecule has 0 saturated heterocycles. The first-order chi connectivity index (χ1) is 6.54. The Balaban J connectivity index is -0.000000180. The Morgan fingerprint density at radius 3 is 1.73 bits per heavy atom. The molecule has 2 N–H and O–H groups in total. The minimum atomic E-state index is -1.31. The zero-order chi connectivity index (χ0) is 11.4. The maximum Gasteiger partial charge on any atom is 1.00 e. The molecular formula is C10H19LiO4. The Bertz CT molecular complexity index is 144. The van der Waals surface area contributed by atoms with Crippen molar-refractivity contribution < 1.29 is 38.7 Å². The third-order valence-corrected chi connectivity index (χ3v) is 1.41.